The summed E-state index contributed by atoms with van der Waals surface area (Å²) < 4.78 is 1.13. The van der Waals surface area contributed by atoms with Gasteiger partial charge in [-0.15, -0.1) is 11.3 Å². The molecule has 0 bridgehead atoms. The van der Waals surface area contributed by atoms with Crippen molar-refractivity contribution in [2.75, 3.05) is 0 Å². The van der Waals surface area contributed by atoms with Gasteiger partial charge in [-0.3, -0.25) is 9.78 Å². The van der Waals surface area contributed by atoms with Crippen LogP contribution in [0, 0.1) is 0 Å². The molecule has 4 rings (SSSR count). The number of rotatable bonds is 1. The Morgan fingerprint density at radius 3 is 2.65 bits per heavy atom. The number of benzene rings is 1. The third-order valence-corrected chi connectivity index (χ3v) is 6.12. The molecule has 0 atom stereocenters. The number of thiophene rings is 1. The predicted octanol–water partition coefficient (Wildman–Crippen LogP) is 3.93. The summed E-state index contributed by atoms with van der Waals surface area (Å²) in [6, 6.07) is 4.74. The summed E-state index contributed by atoms with van der Waals surface area (Å²) in [6.07, 6.45) is 4.07. The zero-order valence-electron chi connectivity index (χ0n) is 12.0. The average Bonchev–Trinajstić information content (AvgIpc) is 2.88. The Hall–Kier alpha value is -1.56. The molecule has 0 unspecified atom stereocenters. The summed E-state index contributed by atoms with van der Waals surface area (Å²) in [7, 11) is 0. The van der Waals surface area contributed by atoms with Crippen LogP contribution in [0.15, 0.2) is 27.8 Å². The molecule has 0 saturated carbocycles. The van der Waals surface area contributed by atoms with Crippen molar-refractivity contribution >= 4 is 44.8 Å². The summed E-state index contributed by atoms with van der Waals surface area (Å²) in [5.41, 5.74) is 0.760. The lowest BCUT2D eigenvalue weighted by atomic mass is 9.97. The van der Waals surface area contributed by atoms with Crippen molar-refractivity contribution in [2.24, 2.45) is 0 Å². The summed E-state index contributed by atoms with van der Waals surface area (Å²) in [4.78, 5) is 30.1. The molecular formula is C16H12Cl2N2O2S. The molecule has 0 spiro atoms. The van der Waals surface area contributed by atoms with Gasteiger partial charge >= 0.3 is 5.69 Å². The summed E-state index contributed by atoms with van der Waals surface area (Å²) >= 11 is 13.5. The van der Waals surface area contributed by atoms with Crippen molar-refractivity contribution in [1.82, 2.24) is 9.55 Å². The number of fused-ring (bicyclic) bond motifs is 3. The van der Waals surface area contributed by atoms with Crippen LogP contribution >= 0.6 is 34.5 Å². The zero-order chi connectivity index (χ0) is 16.1. The normalized spacial score (nSPS) is 14.2. The van der Waals surface area contributed by atoms with Crippen LogP contribution in [-0.2, 0) is 12.8 Å². The monoisotopic (exact) mass is 366 g/mol. The summed E-state index contributed by atoms with van der Waals surface area (Å²) in [5.74, 6) is 0. The first-order valence-electron chi connectivity index (χ1n) is 7.31. The highest BCUT2D eigenvalue weighted by molar-refractivity contribution is 7.18. The van der Waals surface area contributed by atoms with Crippen molar-refractivity contribution in [2.45, 2.75) is 25.7 Å². The van der Waals surface area contributed by atoms with E-state index in [2.05, 4.69) is 4.98 Å². The van der Waals surface area contributed by atoms with Crippen molar-refractivity contribution in [1.29, 1.82) is 0 Å². The molecule has 23 heavy (non-hydrogen) atoms. The first-order chi connectivity index (χ1) is 11.1. The van der Waals surface area contributed by atoms with Crippen molar-refractivity contribution in [3.05, 3.63) is 59.5 Å². The van der Waals surface area contributed by atoms with E-state index in [4.69, 9.17) is 23.2 Å². The minimum absolute atomic E-state index is 0.290. The maximum Gasteiger partial charge on any atom is 0.334 e. The Kier molecular flexibility index (Phi) is 3.59. The molecule has 0 saturated heterocycles. The number of hydrogen-bond donors (Lipinski definition) is 1. The van der Waals surface area contributed by atoms with Crippen molar-refractivity contribution in [3.8, 4) is 5.69 Å². The molecule has 2 aromatic heterocycles. The fraction of sp³-hybridized carbons (Fsp3) is 0.250. The third-order valence-electron chi connectivity index (χ3n) is 4.17. The number of H-pyrrole nitrogens is 1. The molecule has 1 aromatic carbocycles. The first kappa shape index (κ1) is 15.0. The predicted molar refractivity (Wildman–Crippen MR) is 94.7 cm³/mol. The molecule has 0 amide bonds. The molecule has 0 radical (unpaired) electrons. The van der Waals surface area contributed by atoms with Gasteiger partial charge in [0, 0.05) is 4.88 Å². The van der Waals surface area contributed by atoms with Crippen molar-refractivity contribution in [3.63, 3.8) is 0 Å². The molecule has 1 N–H and O–H groups in total. The Bertz CT molecular complexity index is 1050. The Morgan fingerprint density at radius 1 is 1.09 bits per heavy atom. The zero-order valence-corrected chi connectivity index (χ0v) is 14.3. The topological polar surface area (TPSA) is 54.9 Å². The Balaban J connectivity index is 2.05. The van der Waals surface area contributed by atoms with Gasteiger partial charge < -0.3 is 0 Å². The van der Waals surface area contributed by atoms with E-state index in [1.54, 1.807) is 12.1 Å². The number of hydrogen-bond acceptors (Lipinski definition) is 3. The minimum atomic E-state index is -0.459. The van der Waals surface area contributed by atoms with Gasteiger partial charge in [0.1, 0.15) is 4.83 Å². The molecule has 0 aliphatic heterocycles. The van der Waals surface area contributed by atoms with Crippen molar-refractivity contribution < 1.29 is 0 Å². The Labute approximate surface area is 145 Å². The third kappa shape index (κ3) is 2.35. The quantitative estimate of drug-likeness (QED) is 0.709. The lowest BCUT2D eigenvalue weighted by Crippen LogP contribution is -2.33. The highest BCUT2D eigenvalue weighted by Crippen LogP contribution is 2.33. The fourth-order valence-electron chi connectivity index (χ4n) is 3.10. The van der Waals surface area contributed by atoms with Gasteiger partial charge in [-0.05, 0) is 49.4 Å². The highest BCUT2D eigenvalue weighted by Gasteiger charge is 2.21. The lowest BCUT2D eigenvalue weighted by Gasteiger charge is -2.10. The second-order valence-electron chi connectivity index (χ2n) is 5.58. The molecule has 7 heteroatoms. The fourth-order valence-corrected chi connectivity index (χ4v) is 4.66. The van der Waals surface area contributed by atoms with Crippen LogP contribution in [0.4, 0.5) is 0 Å². The van der Waals surface area contributed by atoms with Gasteiger partial charge in [0.25, 0.3) is 5.56 Å². The second-order valence-corrected chi connectivity index (χ2v) is 7.50. The molecule has 2 heterocycles. The van der Waals surface area contributed by atoms with E-state index in [1.807, 2.05) is 0 Å². The second kappa shape index (κ2) is 5.51. The van der Waals surface area contributed by atoms with E-state index in [-0.39, 0.29) is 5.56 Å². The van der Waals surface area contributed by atoms with Gasteiger partial charge in [0.15, 0.2) is 0 Å². The number of aromatic nitrogens is 2. The van der Waals surface area contributed by atoms with Gasteiger partial charge in [-0.25, -0.2) is 9.36 Å². The number of nitrogens with zero attached hydrogens (tertiary/aromatic N) is 1. The number of aryl methyl sites for hydroxylation is 2. The van der Waals surface area contributed by atoms with Crippen LogP contribution in [0.2, 0.25) is 10.0 Å². The van der Waals surface area contributed by atoms with Gasteiger partial charge in [0.05, 0.1) is 21.1 Å². The van der Waals surface area contributed by atoms with Crippen LogP contribution in [0.25, 0.3) is 15.9 Å². The van der Waals surface area contributed by atoms with E-state index >= 15 is 0 Å². The van der Waals surface area contributed by atoms with Gasteiger partial charge in [-0.1, -0.05) is 23.2 Å². The van der Waals surface area contributed by atoms with E-state index in [9.17, 15) is 9.59 Å². The molecule has 118 valence electrons. The van der Waals surface area contributed by atoms with E-state index < -0.39 is 5.69 Å². The summed E-state index contributed by atoms with van der Waals surface area (Å²) in [5, 5.41) is 1.33. The number of nitrogens with one attached hydrogen (secondary N) is 1. The maximum atomic E-state index is 13.0. The van der Waals surface area contributed by atoms with E-state index in [1.165, 1.54) is 22.3 Å². The van der Waals surface area contributed by atoms with Crippen LogP contribution in [0.1, 0.15) is 23.3 Å². The SMILES string of the molecule is O=c1[nH]c2sc3c(c2c(=O)n1-c1ccc(Cl)c(Cl)c1)CCCC3. The number of halogens is 2. The Morgan fingerprint density at radius 2 is 1.87 bits per heavy atom. The maximum absolute atomic E-state index is 13.0. The van der Waals surface area contributed by atoms with Crippen LogP contribution < -0.4 is 11.2 Å². The molecule has 1 aliphatic rings. The largest absolute Gasteiger partial charge is 0.334 e. The molecule has 4 nitrogen and oxygen atoms in total. The standard InChI is InChI=1S/C16H12Cl2N2O2S/c17-10-6-5-8(7-11(10)18)20-15(21)13-9-3-1-2-4-12(9)23-14(13)19-16(20)22/h5-7H,1-4H2,(H,19,22). The molecular weight excluding hydrogens is 355 g/mol. The first-order valence-corrected chi connectivity index (χ1v) is 8.88. The summed E-state index contributed by atoms with van der Waals surface area (Å²) in [6.45, 7) is 0. The molecule has 1 aliphatic carbocycles. The molecule has 3 aromatic rings. The minimum Gasteiger partial charge on any atom is -0.298 e. The number of aromatic amines is 1. The van der Waals surface area contributed by atoms with Gasteiger partial charge in [-0.2, -0.15) is 0 Å². The molecule has 0 fully saturated rings. The van der Waals surface area contributed by atoms with Crippen LogP contribution in [0.3, 0.4) is 0 Å². The smallest absolute Gasteiger partial charge is 0.298 e. The van der Waals surface area contributed by atoms with Gasteiger partial charge in [0.2, 0.25) is 0 Å². The van der Waals surface area contributed by atoms with Crippen LogP contribution in [0.5, 0.6) is 0 Å². The lowest BCUT2D eigenvalue weighted by molar-refractivity contribution is 0.699. The van der Waals surface area contributed by atoms with E-state index in [0.717, 1.165) is 35.8 Å². The van der Waals surface area contributed by atoms with E-state index in [0.29, 0.717) is 25.9 Å². The highest BCUT2D eigenvalue weighted by atomic mass is 35.5. The van der Waals surface area contributed by atoms with Crippen LogP contribution in [-0.4, -0.2) is 9.55 Å². The average molecular weight is 367 g/mol.